The van der Waals surface area contributed by atoms with Crippen LogP contribution in [0.3, 0.4) is 0 Å². The fourth-order valence-electron chi connectivity index (χ4n) is 2.10. The lowest BCUT2D eigenvalue weighted by molar-refractivity contribution is -0.155. The van der Waals surface area contributed by atoms with Gasteiger partial charge in [-0.3, -0.25) is 4.79 Å². The van der Waals surface area contributed by atoms with E-state index in [1.54, 1.807) is 6.08 Å². The maximum Gasteiger partial charge on any atom is 0.306 e. The predicted molar refractivity (Wildman–Crippen MR) is 74.4 cm³/mol. The van der Waals surface area contributed by atoms with Crippen LogP contribution in [0.5, 0.6) is 0 Å². The van der Waals surface area contributed by atoms with Crippen LogP contribution in [0.15, 0.2) is 12.7 Å². The van der Waals surface area contributed by atoms with Crippen LogP contribution < -0.4 is 5.32 Å². The minimum absolute atomic E-state index is 0.129. The lowest BCUT2D eigenvalue weighted by Gasteiger charge is -2.26. The van der Waals surface area contributed by atoms with Gasteiger partial charge in [-0.15, -0.1) is 0 Å². The second-order valence-electron chi connectivity index (χ2n) is 6.55. The van der Waals surface area contributed by atoms with Gasteiger partial charge in [-0.2, -0.15) is 0 Å². The molecule has 0 radical (unpaired) electrons. The van der Waals surface area contributed by atoms with Crippen LogP contribution in [0.4, 0.5) is 0 Å². The first-order chi connectivity index (χ1) is 8.18. The Bertz CT molecular complexity index is 322. The van der Waals surface area contributed by atoms with E-state index in [2.05, 4.69) is 25.7 Å². The second kappa shape index (κ2) is 5.43. The molecule has 3 nitrogen and oxygen atoms in total. The first kappa shape index (κ1) is 15.2. The lowest BCUT2D eigenvalue weighted by Crippen LogP contribution is -2.30. The van der Waals surface area contributed by atoms with Gasteiger partial charge in [0.2, 0.25) is 0 Å². The summed E-state index contributed by atoms with van der Waals surface area (Å²) < 4.78 is 5.56. The van der Waals surface area contributed by atoms with Crippen molar-refractivity contribution in [3.63, 3.8) is 0 Å². The van der Waals surface area contributed by atoms with Gasteiger partial charge in [0.15, 0.2) is 0 Å². The molecule has 0 amide bonds. The van der Waals surface area contributed by atoms with Crippen molar-refractivity contribution in [2.75, 3.05) is 0 Å². The highest BCUT2D eigenvalue weighted by molar-refractivity contribution is 5.70. The molecule has 1 fully saturated rings. The molecule has 0 spiro atoms. The van der Waals surface area contributed by atoms with Gasteiger partial charge < -0.3 is 10.1 Å². The first-order valence-corrected chi connectivity index (χ1v) is 6.81. The van der Waals surface area contributed by atoms with Gasteiger partial charge in [-0.1, -0.05) is 20.4 Å². The fourth-order valence-corrected chi connectivity index (χ4v) is 2.10. The van der Waals surface area contributed by atoms with Crippen LogP contribution in [0, 0.1) is 5.92 Å². The number of nitrogens with one attached hydrogen (secondary N) is 1. The van der Waals surface area contributed by atoms with Crippen LogP contribution in [0.1, 0.15) is 53.9 Å². The molecule has 1 rings (SSSR count). The molecule has 0 aromatic carbocycles. The average Bonchev–Trinajstić information content (AvgIpc) is 2.82. The van der Waals surface area contributed by atoms with Crippen molar-refractivity contribution in [3.8, 4) is 0 Å². The number of carbonyl (C=O) groups is 1. The molecule has 1 heterocycles. The highest BCUT2D eigenvalue weighted by Gasteiger charge is 2.45. The number of hydrogen-bond acceptors (Lipinski definition) is 3. The van der Waals surface area contributed by atoms with Gasteiger partial charge >= 0.3 is 5.97 Å². The Labute approximate surface area is 111 Å². The average molecular weight is 253 g/mol. The molecule has 3 heteroatoms. The zero-order chi connectivity index (χ0) is 14.0. The van der Waals surface area contributed by atoms with Crippen molar-refractivity contribution in [2.45, 2.75) is 71.1 Å². The molecule has 1 aliphatic heterocycles. The van der Waals surface area contributed by atoms with Crippen LogP contribution in [-0.2, 0) is 9.53 Å². The zero-order valence-corrected chi connectivity index (χ0v) is 12.4. The van der Waals surface area contributed by atoms with Gasteiger partial charge in [0.25, 0.3) is 0 Å². The first-order valence-electron chi connectivity index (χ1n) is 6.81. The Morgan fingerprint density at radius 2 is 2.11 bits per heavy atom. The van der Waals surface area contributed by atoms with E-state index in [9.17, 15) is 4.79 Å². The molecule has 0 aromatic heterocycles. The van der Waals surface area contributed by atoms with E-state index in [4.69, 9.17) is 4.74 Å². The third kappa shape index (κ3) is 4.45. The molecular weight excluding hydrogens is 226 g/mol. The van der Waals surface area contributed by atoms with Crippen molar-refractivity contribution in [1.29, 1.82) is 0 Å². The van der Waals surface area contributed by atoms with Gasteiger partial charge in [-0.05, 0) is 45.6 Å². The quantitative estimate of drug-likeness (QED) is 0.431. The third-order valence-corrected chi connectivity index (χ3v) is 3.62. The molecule has 0 aromatic rings. The third-order valence-electron chi connectivity index (χ3n) is 3.62. The number of esters is 1. The molecule has 0 bridgehead atoms. The molecule has 18 heavy (non-hydrogen) atoms. The summed E-state index contributed by atoms with van der Waals surface area (Å²) >= 11 is 0. The van der Waals surface area contributed by atoms with Gasteiger partial charge in [0.1, 0.15) is 5.60 Å². The Morgan fingerprint density at radius 1 is 1.56 bits per heavy atom. The number of carbonyl (C=O) groups excluding carboxylic acids is 1. The Hall–Kier alpha value is -0.830. The Balaban J connectivity index is 2.42. The molecule has 1 aliphatic rings. The second-order valence-corrected chi connectivity index (χ2v) is 6.55. The number of rotatable bonds is 7. The summed E-state index contributed by atoms with van der Waals surface area (Å²) in [5.74, 6) is 0.200. The van der Waals surface area contributed by atoms with E-state index in [-0.39, 0.29) is 11.5 Å². The minimum atomic E-state index is -0.535. The van der Waals surface area contributed by atoms with Crippen molar-refractivity contribution in [3.05, 3.63) is 12.7 Å². The maximum atomic E-state index is 11.7. The summed E-state index contributed by atoms with van der Waals surface area (Å²) in [6.45, 7) is 14.2. The molecule has 2 unspecified atom stereocenters. The SMILES string of the molecule is C=CC(C)(CCC1NC1(C)C)OC(=O)CC(C)C. The van der Waals surface area contributed by atoms with E-state index >= 15 is 0 Å². The molecule has 0 saturated carbocycles. The molecule has 1 saturated heterocycles. The van der Waals surface area contributed by atoms with E-state index in [0.717, 1.165) is 12.8 Å². The standard InChI is InChI=1S/C15H27NO2/c1-7-15(6,18-13(17)10-11(2)3)9-8-12-14(4,5)16-12/h7,11-12,16H,1,8-10H2,2-6H3. The Kier molecular flexibility index (Phi) is 4.60. The molecular formula is C15H27NO2. The van der Waals surface area contributed by atoms with Crippen molar-refractivity contribution >= 4 is 5.97 Å². The van der Waals surface area contributed by atoms with Crippen molar-refractivity contribution in [2.24, 2.45) is 5.92 Å². The van der Waals surface area contributed by atoms with Crippen LogP contribution in [-0.4, -0.2) is 23.2 Å². The van der Waals surface area contributed by atoms with Crippen molar-refractivity contribution < 1.29 is 9.53 Å². The van der Waals surface area contributed by atoms with E-state index in [1.807, 2.05) is 20.8 Å². The van der Waals surface area contributed by atoms with E-state index < -0.39 is 5.60 Å². The molecule has 2 atom stereocenters. The van der Waals surface area contributed by atoms with E-state index in [1.165, 1.54) is 0 Å². The van der Waals surface area contributed by atoms with Gasteiger partial charge in [0, 0.05) is 18.0 Å². The summed E-state index contributed by atoms with van der Waals surface area (Å²) in [5, 5.41) is 3.42. The highest BCUT2D eigenvalue weighted by Crippen LogP contribution is 2.32. The minimum Gasteiger partial charge on any atom is -0.455 e. The van der Waals surface area contributed by atoms with E-state index in [0.29, 0.717) is 18.4 Å². The van der Waals surface area contributed by atoms with Gasteiger partial charge in [-0.25, -0.2) is 0 Å². The summed E-state index contributed by atoms with van der Waals surface area (Å²) in [6, 6.07) is 0.528. The number of hydrogen-bond donors (Lipinski definition) is 1. The fraction of sp³-hybridized carbons (Fsp3) is 0.800. The summed E-state index contributed by atoms with van der Waals surface area (Å²) in [7, 11) is 0. The van der Waals surface area contributed by atoms with Gasteiger partial charge in [0.05, 0.1) is 0 Å². The Morgan fingerprint density at radius 3 is 2.50 bits per heavy atom. The monoisotopic (exact) mass is 253 g/mol. The molecule has 1 N–H and O–H groups in total. The van der Waals surface area contributed by atoms with Crippen molar-refractivity contribution in [1.82, 2.24) is 5.32 Å². The smallest absolute Gasteiger partial charge is 0.306 e. The predicted octanol–water partition coefficient (Wildman–Crippen LogP) is 3.05. The topological polar surface area (TPSA) is 48.2 Å². The van der Waals surface area contributed by atoms with Crippen LogP contribution >= 0.6 is 0 Å². The molecule has 0 aliphatic carbocycles. The van der Waals surface area contributed by atoms with Crippen LogP contribution in [0.2, 0.25) is 0 Å². The largest absolute Gasteiger partial charge is 0.455 e. The lowest BCUT2D eigenvalue weighted by atomic mass is 9.95. The normalized spacial score (nSPS) is 24.4. The molecule has 104 valence electrons. The number of ether oxygens (including phenoxy) is 1. The summed E-state index contributed by atoms with van der Waals surface area (Å²) in [4.78, 5) is 11.7. The highest BCUT2D eigenvalue weighted by atomic mass is 16.6. The van der Waals surface area contributed by atoms with Crippen LogP contribution in [0.25, 0.3) is 0 Å². The summed E-state index contributed by atoms with van der Waals surface area (Å²) in [5.41, 5.74) is -0.295. The zero-order valence-electron chi connectivity index (χ0n) is 12.4. The maximum absolute atomic E-state index is 11.7. The summed E-state index contributed by atoms with van der Waals surface area (Å²) in [6.07, 6.45) is 4.04.